The van der Waals surface area contributed by atoms with Gasteiger partial charge in [0.2, 0.25) is 0 Å². The van der Waals surface area contributed by atoms with E-state index in [1.165, 1.54) is 6.42 Å². The molecule has 16 heavy (non-hydrogen) atoms. The molecule has 1 N–H and O–H groups in total. The van der Waals surface area contributed by atoms with Gasteiger partial charge in [-0.1, -0.05) is 45.4 Å². The molecule has 1 atom stereocenters. The van der Waals surface area contributed by atoms with Gasteiger partial charge in [-0.25, -0.2) is 0 Å². The van der Waals surface area contributed by atoms with E-state index >= 15 is 0 Å². The molecule has 0 amide bonds. The predicted octanol–water partition coefficient (Wildman–Crippen LogP) is 3.79. The molecule has 0 aliphatic heterocycles. The van der Waals surface area contributed by atoms with Crippen molar-refractivity contribution in [2.24, 2.45) is 5.41 Å². The smallest absolute Gasteiger partial charge is 0.0857 e. The zero-order chi connectivity index (χ0) is 12.1. The summed E-state index contributed by atoms with van der Waals surface area (Å²) in [6, 6.07) is 2.43. The SMILES string of the molecule is CCCCCC(C)(O)C1(C#N)CCCCC1. The lowest BCUT2D eigenvalue weighted by Crippen LogP contribution is -2.46. The maximum atomic E-state index is 10.6. The standard InChI is InChI=1S/C14H25NO/c1-3-4-6-9-13(2,16)14(12-15)10-7-5-8-11-14/h16H,3-11H2,1-2H3. The molecule has 2 nitrogen and oxygen atoms in total. The second-order valence-corrected chi connectivity index (χ2v) is 5.49. The summed E-state index contributed by atoms with van der Waals surface area (Å²) in [6.07, 6.45) is 9.28. The normalized spacial score (nSPS) is 23.4. The molecule has 0 saturated heterocycles. The molecular weight excluding hydrogens is 198 g/mol. The van der Waals surface area contributed by atoms with Gasteiger partial charge in [-0.2, -0.15) is 5.26 Å². The lowest BCUT2D eigenvalue weighted by atomic mass is 9.63. The lowest BCUT2D eigenvalue weighted by Gasteiger charge is -2.43. The lowest BCUT2D eigenvalue weighted by molar-refractivity contribution is -0.0650. The first-order valence-corrected chi connectivity index (χ1v) is 6.71. The third kappa shape index (κ3) is 2.77. The van der Waals surface area contributed by atoms with E-state index in [9.17, 15) is 10.4 Å². The molecule has 0 radical (unpaired) electrons. The summed E-state index contributed by atoms with van der Waals surface area (Å²) in [7, 11) is 0. The minimum absolute atomic E-state index is 0.473. The number of nitriles is 1. The van der Waals surface area contributed by atoms with Gasteiger partial charge in [-0.15, -0.1) is 0 Å². The summed E-state index contributed by atoms with van der Waals surface area (Å²) in [5.74, 6) is 0. The summed E-state index contributed by atoms with van der Waals surface area (Å²) in [5, 5.41) is 20.0. The molecule has 1 rings (SSSR count). The summed E-state index contributed by atoms with van der Waals surface area (Å²) >= 11 is 0. The van der Waals surface area contributed by atoms with Gasteiger partial charge in [0.1, 0.15) is 0 Å². The molecule has 0 aromatic heterocycles. The Morgan fingerprint density at radius 3 is 2.38 bits per heavy atom. The van der Waals surface area contributed by atoms with Crippen LogP contribution in [0.15, 0.2) is 0 Å². The number of rotatable bonds is 5. The van der Waals surface area contributed by atoms with Crippen molar-refractivity contribution in [3.8, 4) is 6.07 Å². The van der Waals surface area contributed by atoms with Gasteiger partial charge in [-0.3, -0.25) is 0 Å². The molecule has 0 bridgehead atoms. The largest absolute Gasteiger partial charge is 0.389 e. The van der Waals surface area contributed by atoms with Crippen molar-refractivity contribution in [3.63, 3.8) is 0 Å². The Bertz CT molecular complexity index is 246. The fourth-order valence-corrected chi connectivity index (χ4v) is 2.88. The first kappa shape index (κ1) is 13.5. The number of hydrogen-bond donors (Lipinski definition) is 1. The van der Waals surface area contributed by atoms with E-state index in [0.29, 0.717) is 0 Å². The highest BCUT2D eigenvalue weighted by molar-refractivity contribution is 5.10. The van der Waals surface area contributed by atoms with Crippen molar-refractivity contribution in [2.45, 2.75) is 77.2 Å². The third-order valence-corrected chi connectivity index (χ3v) is 4.22. The summed E-state index contributed by atoms with van der Waals surface area (Å²) in [6.45, 7) is 4.03. The van der Waals surface area contributed by atoms with E-state index in [4.69, 9.17) is 0 Å². The van der Waals surface area contributed by atoms with Crippen molar-refractivity contribution in [1.29, 1.82) is 5.26 Å². The minimum Gasteiger partial charge on any atom is -0.389 e. The van der Waals surface area contributed by atoms with Crippen LogP contribution in [-0.2, 0) is 0 Å². The molecule has 1 unspecified atom stereocenters. The van der Waals surface area contributed by atoms with Gasteiger partial charge >= 0.3 is 0 Å². The second kappa shape index (κ2) is 5.68. The maximum absolute atomic E-state index is 10.6. The zero-order valence-electron chi connectivity index (χ0n) is 10.8. The van der Waals surface area contributed by atoms with Crippen LogP contribution in [-0.4, -0.2) is 10.7 Å². The third-order valence-electron chi connectivity index (χ3n) is 4.22. The Kier molecular flexibility index (Phi) is 4.80. The van der Waals surface area contributed by atoms with E-state index < -0.39 is 11.0 Å². The number of hydrogen-bond acceptors (Lipinski definition) is 2. The Morgan fingerprint density at radius 1 is 1.25 bits per heavy atom. The summed E-state index contributed by atoms with van der Waals surface area (Å²) < 4.78 is 0. The number of unbranched alkanes of at least 4 members (excludes halogenated alkanes) is 2. The molecular formula is C14H25NO. The van der Waals surface area contributed by atoms with Crippen LogP contribution in [0.4, 0.5) is 0 Å². The highest BCUT2D eigenvalue weighted by atomic mass is 16.3. The van der Waals surface area contributed by atoms with E-state index in [1.54, 1.807) is 0 Å². The van der Waals surface area contributed by atoms with Crippen molar-refractivity contribution >= 4 is 0 Å². The Balaban J connectivity index is 2.65. The van der Waals surface area contributed by atoms with Crippen LogP contribution in [0.2, 0.25) is 0 Å². The highest BCUT2D eigenvalue weighted by Crippen LogP contribution is 2.46. The van der Waals surface area contributed by atoms with Gasteiger partial charge < -0.3 is 5.11 Å². The number of nitrogens with zero attached hydrogens (tertiary/aromatic N) is 1. The minimum atomic E-state index is -0.794. The van der Waals surface area contributed by atoms with Gasteiger partial charge in [0.05, 0.1) is 17.1 Å². The molecule has 1 aliphatic rings. The molecule has 1 aliphatic carbocycles. The molecule has 1 saturated carbocycles. The van der Waals surface area contributed by atoms with Gasteiger partial charge in [-0.05, 0) is 26.2 Å². The average molecular weight is 223 g/mol. The van der Waals surface area contributed by atoms with Crippen LogP contribution in [0.1, 0.15) is 71.6 Å². The monoisotopic (exact) mass is 223 g/mol. The molecule has 92 valence electrons. The second-order valence-electron chi connectivity index (χ2n) is 5.49. The fourth-order valence-electron chi connectivity index (χ4n) is 2.88. The molecule has 0 spiro atoms. The highest BCUT2D eigenvalue weighted by Gasteiger charge is 2.47. The van der Waals surface area contributed by atoms with Crippen LogP contribution < -0.4 is 0 Å². The van der Waals surface area contributed by atoms with Crippen LogP contribution >= 0.6 is 0 Å². The quantitative estimate of drug-likeness (QED) is 0.721. The fraction of sp³-hybridized carbons (Fsp3) is 0.929. The predicted molar refractivity (Wildman–Crippen MR) is 65.9 cm³/mol. The average Bonchev–Trinajstić information content (AvgIpc) is 2.30. The van der Waals surface area contributed by atoms with Crippen molar-refractivity contribution in [2.75, 3.05) is 0 Å². The molecule has 1 fully saturated rings. The molecule has 2 heteroatoms. The molecule has 0 aromatic carbocycles. The molecule has 0 aromatic rings. The van der Waals surface area contributed by atoms with Crippen LogP contribution in [0.25, 0.3) is 0 Å². The Labute approximate surface area is 99.7 Å². The summed E-state index contributed by atoms with van der Waals surface area (Å²) in [5.41, 5.74) is -1.27. The zero-order valence-corrected chi connectivity index (χ0v) is 10.8. The Hall–Kier alpha value is -0.550. The van der Waals surface area contributed by atoms with Crippen LogP contribution in [0.5, 0.6) is 0 Å². The first-order chi connectivity index (χ1) is 7.58. The van der Waals surface area contributed by atoms with Crippen molar-refractivity contribution < 1.29 is 5.11 Å². The van der Waals surface area contributed by atoms with Crippen LogP contribution in [0, 0.1) is 16.7 Å². The topological polar surface area (TPSA) is 44.0 Å². The first-order valence-electron chi connectivity index (χ1n) is 6.71. The summed E-state index contributed by atoms with van der Waals surface area (Å²) in [4.78, 5) is 0. The number of aliphatic hydroxyl groups is 1. The van der Waals surface area contributed by atoms with Gasteiger partial charge in [0.15, 0.2) is 0 Å². The van der Waals surface area contributed by atoms with Crippen molar-refractivity contribution in [1.82, 2.24) is 0 Å². The Morgan fingerprint density at radius 2 is 1.88 bits per heavy atom. The van der Waals surface area contributed by atoms with Gasteiger partial charge in [0, 0.05) is 0 Å². The van der Waals surface area contributed by atoms with Crippen molar-refractivity contribution in [3.05, 3.63) is 0 Å². The van der Waals surface area contributed by atoms with E-state index in [0.717, 1.165) is 51.4 Å². The van der Waals surface area contributed by atoms with E-state index in [2.05, 4.69) is 13.0 Å². The van der Waals surface area contributed by atoms with E-state index in [1.807, 2.05) is 6.92 Å². The molecule has 0 heterocycles. The van der Waals surface area contributed by atoms with Gasteiger partial charge in [0.25, 0.3) is 0 Å². The van der Waals surface area contributed by atoms with Crippen LogP contribution in [0.3, 0.4) is 0 Å². The van der Waals surface area contributed by atoms with E-state index in [-0.39, 0.29) is 0 Å². The maximum Gasteiger partial charge on any atom is 0.0857 e.